The number of carbonyl (C=O) groups excluding carboxylic acids is 1. The summed E-state index contributed by atoms with van der Waals surface area (Å²) in [7, 11) is 0. The lowest BCUT2D eigenvalue weighted by atomic mass is 9.87. The number of hydrogen-bond donors (Lipinski definition) is 2. The van der Waals surface area contributed by atoms with Gasteiger partial charge in [-0.15, -0.1) is 11.3 Å². The number of carbonyl (C=O) groups is 1. The van der Waals surface area contributed by atoms with Crippen molar-refractivity contribution in [1.29, 1.82) is 0 Å². The van der Waals surface area contributed by atoms with Crippen molar-refractivity contribution in [3.8, 4) is 5.75 Å². The van der Waals surface area contributed by atoms with Crippen LogP contribution in [0.5, 0.6) is 5.75 Å². The predicted molar refractivity (Wildman–Crippen MR) is 113 cm³/mol. The van der Waals surface area contributed by atoms with E-state index in [2.05, 4.69) is 12.2 Å². The first kappa shape index (κ1) is 19.9. The molecule has 1 heterocycles. The average molecular weight is 420 g/mol. The molecule has 1 saturated carbocycles. The minimum atomic E-state index is -0.590. The second kappa shape index (κ2) is 8.15. The van der Waals surface area contributed by atoms with E-state index < -0.39 is 6.10 Å². The standard InChI is InChI=1S/C22H26ClNO3S/c1-12-9-15(23)4-6-18(12)27-19-7-5-17(22(19)26)24-11-14-3-8-20-16(21(14)25)10-13(2)28-20/h4,6,9-10,14,17,19,22,24,26H,3,5,7-8,11H2,1-2H3. The summed E-state index contributed by atoms with van der Waals surface area (Å²) >= 11 is 7.74. The number of ether oxygens (including phenoxy) is 1. The molecule has 0 bridgehead atoms. The molecule has 4 unspecified atom stereocenters. The molecule has 1 aromatic carbocycles. The Kier molecular flexibility index (Phi) is 5.79. The maximum atomic E-state index is 12.8. The molecule has 0 saturated heterocycles. The first-order valence-corrected chi connectivity index (χ1v) is 11.1. The highest BCUT2D eigenvalue weighted by Crippen LogP contribution is 2.33. The van der Waals surface area contributed by atoms with Gasteiger partial charge in [-0.25, -0.2) is 0 Å². The lowest BCUT2D eigenvalue weighted by Gasteiger charge is -2.26. The Labute approximate surface area is 174 Å². The number of aryl methyl sites for hydroxylation is 3. The van der Waals surface area contributed by atoms with E-state index in [1.807, 2.05) is 25.1 Å². The second-order valence-corrected chi connectivity index (χ2v) is 9.72. The molecular formula is C22H26ClNO3S. The Balaban J connectivity index is 1.33. The Hall–Kier alpha value is -1.40. The molecule has 28 heavy (non-hydrogen) atoms. The number of thiophene rings is 1. The summed E-state index contributed by atoms with van der Waals surface area (Å²) in [6.07, 6.45) is 2.64. The van der Waals surface area contributed by atoms with E-state index in [0.717, 1.165) is 42.6 Å². The number of nitrogens with one attached hydrogen (secondary N) is 1. The van der Waals surface area contributed by atoms with Gasteiger partial charge in [0, 0.05) is 38.8 Å². The molecule has 2 aliphatic rings. The first-order valence-electron chi connectivity index (χ1n) is 9.90. The van der Waals surface area contributed by atoms with Gasteiger partial charge in [0.15, 0.2) is 5.78 Å². The third-order valence-corrected chi connectivity index (χ3v) is 7.23. The van der Waals surface area contributed by atoms with E-state index in [-0.39, 0.29) is 23.8 Å². The fourth-order valence-corrected chi connectivity index (χ4v) is 5.59. The Morgan fingerprint density at radius 3 is 2.86 bits per heavy atom. The van der Waals surface area contributed by atoms with Crippen LogP contribution in [0.3, 0.4) is 0 Å². The number of rotatable bonds is 5. The van der Waals surface area contributed by atoms with Gasteiger partial charge in [0.1, 0.15) is 18.0 Å². The number of Topliss-reactive ketones (excluding diaryl/α,β-unsaturated/α-hetero) is 1. The third kappa shape index (κ3) is 3.99. The molecule has 0 aliphatic heterocycles. The van der Waals surface area contributed by atoms with Crippen LogP contribution in [0.2, 0.25) is 5.02 Å². The molecule has 150 valence electrons. The van der Waals surface area contributed by atoms with Crippen molar-refractivity contribution in [2.75, 3.05) is 6.54 Å². The highest BCUT2D eigenvalue weighted by molar-refractivity contribution is 7.12. The molecule has 4 nitrogen and oxygen atoms in total. The molecular weight excluding hydrogens is 394 g/mol. The van der Waals surface area contributed by atoms with Crippen LogP contribution in [0.25, 0.3) is 0 Å². The van der Waals surface area contributed by atoms with Gasteiger partial charge in [0.05, 0.1) is 0 Å². The smallest absolute Gasteiger partial charge is 0.168 e. The molecule has 4 atom stereocenters. The topological polar surface area (TPSA) is 58.6 Å². The maximum Gasteiger partial charge on any atom is 0.168 e. The monoisotopic (exact) mass is 419 g/mol. The number of aliphatic hydroxyl groups excluding tert-OH is 1. The van der Waals surface area contributed by atoms with Crippen LogP contribution in [-0.4, -0.2) is 35.7 Å². The molecule has 2 aromatic rings. The number of aliphatic hydroxyl groups is 1. The Bertz CT molecular complexity index is 881. The van der Waals surface area contributed by atoms with Gasteiger partial charge in [-0.05, 0) is 69.4 Å². The second-order valence-electron chi connectivity index (χ2n) is 7.94. The lowest BCUT2D eigenvalue weighted by molar-refractivity contribution is 0.0438. The Morgan fingerprint density at radius 2 is 2.07 bits per heavy atom. The zero-order chi connectivity index (χ0) is 19.8. The van der Waals surface area contributed by atoms with Crippen LogP contribution in [-0.2, 0) is 6.42 Å². The number of benzene rings is 1. The molecule has 1 aromatic heterocycles. The molecule has 2 aliphatic carbocycles. The minimum absolute atomic E-state index is 0.00724. The molecule has 0 radical (unpaired) electrons. The van der Waals surface area contributed by atoms with E-state index in [9.17, 15) is 9.90 Å². The van der Waals surface area contributed by atoms with Gasteiger partial charge in [-0.1, -0.05) is 11.6 Å². The number of fused-ring (bicyclic) bond motifs is 1. The van der Waals surface area contributed by atoms with Gasteiger partial charge < -0.3 is 15.2 Å². The van der Waals surface area contributed by atoms with Crippen molar-refractivity contribution < 1.29 is 14.6 Å². The predicted octanol–water partition coefficient (Wildman–Crippen LogP) is 4.32. The van der Waals surface area contributed by atoms with E-state index in [1.54, 1.807) is 17.4 Å². The zero-order valence-electron chi connectivity index (χ0n) is 16.2. The van der Waals surface area contributed by atoms with Gasteiger partial charge >= 0.3 is 0 Å². The summed E-state index contributed by atoms with van der Waals surface area (Å²) in [6, 6.07) is 7.50. The SMILES string of the molecule is Cc1cc2c(s1)CCC(CNC1CCC(Oc3ccc(Cl)cc3C)C1O)C2=O. The largest absolute Gasteiger partial charge is 0.487 e. The summed E-state index contributed by atoms with van der Waals surface area (Å²) in [6.45, 7) is 4.62. The van der Waals surface area contributed by atoms with E-state index in [4.69, 9.17) is 16.3 Å². The van der Waals surface area contributed by atoms with Crippen molar-refractivity contribution in [3.63, 3.8) is 0 Å². The van der Waals surface area contributed by atoms with Crippen molar-refractivity contribution in [2.24, 2.45) is 5.92 Å². The minimum Gasteiger partial charge on any atom is -0.487 e. The summed E-state index contributed by atoms with van der Waals surface area (Å²) < 4.78 is 6.05. The first-order chi connectivity index (χ1) is 13.4. The molecule has 2 N–H and O–H groups in total. The van der Waals surface area contributed by atoms with E-state index in [0.29, 0.717) is 11.6 Å². The van der Waals surface area contributed by atoms with Gasteiger partial charge in [0.25, 0.3) is 0 Å². The quantitative estimate of drug-likeness (QED) is 0.757. The summed E-state index contributed by atoms with van der Waals surface area (Å²) in [4.78, 5) is 15.2. The normalized spacial score (nSPS) is 27.1. The van der Waals surface area contributed by atoms with Crippen LogP contribution < -0.4 is 10.1 Å². The van der Waals surface area contributed by atoms with Crippen LogP contribution >= 0.6 is 22.9 Å². The van der Waals surface area contributed by atoms with Gasteiger partial charge in [0.2, 0.25) is 0 Å². The highest BCUT2D eigenvalue weighted by Gasteiger charge is 2.37. The van der Waals surface area contributed by atoms with Crippen LogP contribution in [0.15, 0.2) is 24.3 Å². The molecule has 0 amide bonds. The highest BCUT2D eigenvalue weighted by atomic mass is 35.5. The fourth-order valence-electron chi connectivity index (χ4n) is 4.31. The van der Waals surface area contributed by atoms with Crippen molar-refractivity contribution in [3.05, 3.63) is 50.2 Å². The Morgan fingerprint density at radius 1 is 1.25 bits per heavy atom. The van der Waals surface area contributed by atoms with Crippen LogP contribution in [0.1, 0.15) is 44.9 Å². The fraction of sp³-hybridized carbons (Fsp3) is 0.500. The number of ketones is 1. The van der Waals surface area contributed by atoms with E-state index >= 15 is 0 Å². The lowest BCUT2D eigenvalue weighted by Crippen LogP contribution is -2.44. The summed E-state index contributed by atoms with van der Waals surface area (Å²) in [5, 5.41) is 14.8. The number of halogens is 1. The molecule has 1 fully saturated rings. The van der Waals surface area contributed by atoms with Crippen molar-refractivity contribution >= 4 is 28.7 Å². The van der Waals surface area contributed by atoms with Crippen LogP contribution in [0, 0.1) is 19.8 Å². The molecule has 6 heteroatoms. The maximum absolute atomic E-state index is 12.8. The number of hydrogen-bond acceptors (Lipinski definition) is 5. The van der Waals surface area contributed by atoms with E-state index in [1.165, 1.54) is 9.75 Å². The van der Waals surface area contributed by atoms with Gasteiger partial charge in [-0.2, -0.15) is 0 Å². The summed E-state index contributed by atoms with van der Waals surface area (Å²) in [5.74, 6) is 0.999. The zero-order valence-corrected chi connectivity index (χ0v) is 17.8. The van der Waals surface area contributed by atoms with Crippen LogP contribution in [0.4, 0.5) is 0 Å². The molecule has 4 rings (SSSR count). The van der Waals surface area contributed by atoms with Crippen molar-refractivity contribution in [2.45, 2.75) is 57.8 Å². The average Bonchev–Trinajstić information content (AvgIpc) is 3.20. The van der Waals surface area contributed by atoms with Gasteiger partial charge in [-0.3, -0.25) is 4.79 Å². The third-order valence-electron chi connectivity index (χ3n) is 5.89. The molecule has 0 spiro atoms. The van der Waals surface area contributed by atoms with Crippen molar-refractivity contribution in [1.82, 2.24) is 5.32 Å². The summed E-state index contributed by atoms with van der Waals surface area (Å²) in [5.41, 5.74) is 1.87.